The number of aryl methyl sites for hydroxylation is 1. The monoisotopic (exact) mass is 320 g/mol. The molecule has 5 nitrogen and oxygen atoms in total. The zero-order valence-corrected chi connectivity index (χ0v) is 12.7. The van der Waals surface area contributed by atoms with Gasteiger partial charge in [-0.25, -0.2) is 0 Å². The lowest BCUT2D eigenvalue weighted by Gasteiger charge is -2.06. The fourth-order valence-corrected chi connectivity index (χ4v) is 2.90. The van der Waals surface area contributed by atoms with E-state index in [0.29, 0.717) is 11.6 Å². The van der Waals surface area contributed by atoms with E-state index in [1.54, 1.807) is 0 Å². The van der Waals surface area contributed by atoms with Gasteiger partial charge in [0.25, 0.3) is 5.91 Å². The number of amides is 1. The first-order chi connectivity index (χ1) is 10.2. The average molecular weight is 321 g/mol. The Bertz CT molecular complexity index is 767. The largest absolute Gasteiger partial charge is 0.350 e. The van der Waals surface area contributed by atoms with Crippen molar-refractivity contribution in [2.75, 3.05) is 6.54 Å². The molecule has 0 bridgehead atoms. The molecule has 1 N–H and O–H groups in total. The Kier molecular flexibility index (Phi) is 4.17. The third-order valence-corrected chi connectivity index (χ3v) is 4.15. The molecule has 0 aliphatic heterocycles. The van der Waals surface area contributed by atoms with Crippen LogP contribution in [0.1, 0.15) is 16.2 Å². The molecule has 7 heteroatoms. The van der Waals surface area contributed by atoms with Crippen LogP contribution in [-0.2, 0) is 6.54 Å². The summed E-state index contributed by atoms with van der Waals surface area (Å²) in [4.78, 5) is 11.8. The first-order valence-electron chi connectivity index (χ1n) is 6.55. The Morgan fingerprint density at radius 1 is 1.29 bits per heavy atom. The Hall–Kier alpha value is -1.92. The van der Waals surface area contributed by atoms with Crippen molar-refractivity contribution in [2.24, 2.45) is 0 Å². The van der Waals surface area contributed by atoms with Crippen molar-refractivity contribution in [3.05, 3.63) is 46.0 Å². The summed E-state index contributed by atoms with van der Waals surface area (Å²) in [6.45, 7) is 1.44. The molecule has 1 amide bonds. The third-order valence-electron chi connectivity index (χ3n) is 3.14. The SMILES string of the molecule is O=C(NCCCn1ccc2ccccc21)c1nnc(Cl)s1. The fraction of sp³-hybridized carbons (Fsp3) is 0.214. The maximum absolute atomic E-state index is 11.8. The van der Waals surface area contributed by atoms with Gasteiger partial charge in [-0.2, -0.15) is 0 Å². The van der Waals surface area contributed by atoms with Gasteiger partial charge in [-0.3, -0.25) is 4.79 Å². The number of para-hydroxylation sites is 1. The number of rotatable bonds is 5. The number of aromatic nitrogens is 3. The maximum atomic E-state index is 11.8. The normalized spacial score (nSPS) is 10.9. The second-order valence-electron chi connectivity index (χ2n) is 4.54. The van der Waals surface area contributed by atoms with Crippen molar-refractivity contribution in [3.8, 4) is 0 Å². The molecule has 3 aromatic rings. The van der Waals surface area contributed by atoms with E-state index < -0.39 is 0 Å². The Morgan fingerprint density at radius 3 is 2.95 bits per heavy atom. The highest BCUT2D eigenvalue weighted by Gasteiger charge is 2.10. The molecule has 0 atom stereocenters. The van der Waals surface area contributed by atoms with Gasteiger partial charge in [-0.05, 0) is 35.5 Å². The van der Waals surface area contributed by atoms with Gasteiger partial charge in [-0.1, -0.05) is 29.5 Å². The van der Waals surface area contributed by atoms with Gasteiger partial charge >= 0.3 is 0 Å². The van der Waals surface area contributed by atoms with E-state index in [2.05, 4.69) is 44.5 Å². The number of carbonyl (C=O) groups is 1. The lowest BCUT2D eigenvalue weighted by atomic mass is 10.2. The molecule has 3 rings (SSSR count). The topological polar surface area (TPSA) is 59.8 Å². The lowest BCUT2D eigenvalue weighted by Crippen LogP contribution is -2.25. The van der Waals surface area contributed by atoms with Crippen LogP contribution in [0.3, 0.4) is 0 Å². The number of fused-ring (bicyclic) bond motifs is 1. The molecule has 0 fully saturated rings. The van der Waals surface area contributed by atoms with E-state index in [9.17, 15) is 4.79 Å². The summed E-state index contributed by atoms with van der Waals surface area (Å²) in [5, 5.41) is 11.7. The van der Waals surface area contributed by atoms with E-state index in [1.807, 2.05) is 12.1 Å². The summed E-state index contributed by atoms with van der Waals surface area (Å²) in [6, 6.07) is 10.3. The molecular weight excluding hydrogens is 308 g/mol. The lowest BCUT2D eigenvalue weighted by molar-refractivity contribution is 0.0951. The minimum atomic E-state index is -0.225. The highest BCUT2D eigenvalue weighted by molar-refractivity contribution is 7.17. The van der Waals surface area contributed by atoms with Crippen LogP contribution in [0.4, 0.5) is 0 Å². The van der Waals surface area contributed by atoms with Gasteiger partial charge in [0.1, 0.15) is 0 Å². The molecule has 0 aliphatic rings. The minimum Gasteiger partial charge on any atom is -0.350 e. The number of halogens is 1. The van der Waals surface area contributed by atoms with Crippen LogP contribution in [0.15, 0.2) is 36.5 Å². The standard InChI is InChI=1S/C14H13ClN4OS/c15-14-18-17-13(21-14)12(20)16-7-3-8-19-9-6-10-4-1-2-5-11(10)19/h1-2,4-6,9H,3,7-8H2,(H,16,20). The quantitative estimate of drug-likeness (QED) is 0.735. The van der Waals surface area contributed by atoms with Crippen LogP contribution in [-0.4, -0.2) is 27.2 Å². The van der Waals surface area contributed by atoms with E-state index in [-0.39, 0.29) is 10.4 Å². The van der Waals surface area contributed by atoms with Gasteiger partial charge in [0.15, 0.2) is 0 Å². The van der Waals surface area contributed by atoms with Crippen molar-refractivity contribution in [2.45, 2.75) is 13.0 Å². The van der Waals surface area contributed by atoms with Gasteiger partial charge in [0.05, 0.1) is 0 Å². The summed E-state index contributed by atoms with van der Waals surface area (Å²) < 4.78 is 2.46. The van der Waals surface area contributed by atoms with Crippen LogP contribution >= 0.6 is 22.9 Å². The summed E-state index contributed by atoms with van der Waals surface area (Å²) in [7, 11) is 0. The molecule has 108 valence electrons. The molecular formula is C14H13ClN4OS. The summed E-state index contributed by atoms with van der Waals surface area (Å²) in [6.07, 6.45) is 2.91. The molecule has 0 spiro atoms. The molecule has 2 heterocycles. The molecule has 0 saturated carbocycles. The first kappa shape index (κ1) is 14.0. The Morgan fingerprint density at radius 2 is 2.14 bits per heavy atom. The molecule has 21 heavy (non-hydrogen) atoms. The van der Waals surface area contributed by atoms with Crippen molar-refractivity contribution in [3.63, 3.8) is 0 Å². The highest BCUT2D eigenvalue weighted by Crippen LogP contribution is 2.16. The second-order valence-corrected chi connectivity index (χ2v) is 6.10. The number of carbonyl (C=O) groups excluding carboxylic acids is 1. The number of hydrogen-bond donors (Lipinski definition) is 1. The minimum absolute atomic E-state index is 0.225. The van der Waals surface area contributed by atoms with Crippen LogP contribution in [0.25, 0.3) is 10.9 Å². The van der Waals surface area contributed by atoms with Crippen LogP contribution in [0.2, 0.25) is 4.47 Å². The van der Waals surface area contributed by atoms with Crippen molar-refractivity contribution < 1.29 is 4.79 Å². The van der Waals surface area contributed by atoms with Gasteiger partial charge in [0, 0.05) is 24.8 Å². The summed E-state index contributed by atoms with van der Waals surface area (Å²) in [5.41, 5.74) is 1.21. The van der Waals surface area contributed by atoms with E-state index in [4.69, 9.17) is 11.6 Å². The highest BCUT2D eigenvalue weighted by atomic mass is 35.5. The summed E-state index contributed by atoms with van der Waals surface area (Å²) >= 11 is 6.73. The zero-order valence-electron chi connectivity index (χ0n) is 11.1. The first-order valence-corrected chi connectivity index (χ1v) is 7.74. The number of benzene rings is 1. The number of hydrogen-bond acceptors (Lipinski definition) is 4. The van der Waals surface area contributed by atoms with Crippen molar-refractivity contribution in [1.82, 2.24) is 20.1 Å². The third kappa shape index (κ3) is 3.22. The second kappa shape index (κ2) is 6.24. The van der Waals surface area contributed by atoms with Crippen molar-refractivity contribution >= 4 is 39.7 Å². The fourth-order valence-electron chi connectivity index (χ4n) is 2.16. The van der Waals surface area contributed by atoms with Gasteiger partial charge < -0.3 is 9.88 Å². The van der Waals surface area contributed by atoms with Crippen LogP contribution in [0.5, 0.6) is 0 Å². The zero-order chi connectivity index (χ0) is 14.7. The van der Waals surface area contributed by atoms with E-state index in [0.717, 1.165) is 24.3 Å². The van der Waals surface area contributed by atoms with Gasteiger partial charge in [-0.15, -0.1) is 10.2 Å². The van der Waals surface area contributed by atoms with Gasteiger partial charge in [0.2, 0.25) is 9.47 Å². The average Bonchev–Trinajstić information content (AvgIpc) is 3.10. The van der Waals surface area contributed by atoms with Crippen LogP contribution < -0.4 is 5.32 Å². The van der Waals surface area contributed by atoms with E-state index >= 15 is 0 Å². The Labute approximate surface area is 130 Å². The molecule has 2 aromatic heterocycles. The Balaban J connectivity index is 1.51. The molecule has 0 aliphatic carbocycles. The van der Waals surface area contributed by atoms with E-state index in [1.165, 1.54) is 10.9 Å². The molecule has 0 saturated heterocycles. The number of nitrogens with zero attached hydrogens (tertiary/aromatic N) is 3. The number of nitrogens with one attached hydrogen (secondary N) is 1. The summed E-state index contributed by atoms with van der Waals surface area (Å²) in [5.74, 6) is -0.225. The maximum Gasteiger partial charge on any atom is 0.282 e. The molecule has 0 radical (unpaired) electrons. The van der Waals surface area contributed by atoms with Crippen LogP contribution in [0, 0.1) is 0 Å². The predicted octanol–water partition coefficient (Wildman–Crippen LogP) is 2.97. The smallest absolute Gasteiger partial charge is 0.282 e. The predicted molar refractivity (Wildman–Crippen MR) is 83.8 cm³/mol. The van der Waals surface area contributed by atoms with Crippen molar-refractivity contribution in [1.29, 1.82) is 0 Å². The molecule has 1 aromatic carbocycles. The molecule has 0 unspecified atom stereocenters.